The van der Waals surface area contributed by atoms with E-state index in [1.54, 1.807) is 4.90 Å². The van der Waals surface area contributed by atoms with Crippen LogP contribution in [-0.4, -0.2) is 43.6 Å². The number of hydrogen-bond acceptors (Lipinski definition) is 3. The average molecular weight is 302 g/mol. The van der Waals surface area contributed by atoms with Crippen molar-refractivity contribution in [1.29, 1.82) is 0 Å². The van der Waals surface area contributed by atoms with Crippen molar-refractivity contribution in [2.75, 3.05) is 32.8 Å². The smallest absolute Gasteiger partial charge is 0.416 e. The van der Waals surface area contributed by atoms with Crippen LogP contribution in [0.4, 0.5) is 13.2 Å². The number of alkyl halides is 3. The van der Waals surface area contributed by atoms with E-state index in [-0.39, 0.29) is 24.7 Å². The molecule has 1 heterocycles. The van der Waals surface area contributed by atoms with Crippen molar-refractivity contribution < 1.29 is 22.7 Å². The number of hydrogen-bond donors (Lipinski definition) is 1. The lowest BCUT2D eigenvalue weighted by Crippen LogP contribution is -2.46. The number of piperazine rings is 1. The lowest BCUT2D eigenvalue weighted by atomic mass is 10.2. The van der Waals surface area contributed by atoms with E-state index in [1.807, 2.05) is 0 Å². The van der Waals surface area contributed by atoms with Crippen molar-refractivity contribution in [2.24, 2.45) is 0 Å². The average Bonchev–Trinajstić information content (AvgIpc) is 2.47. The molecule has 116 valence electrons. The van der Waals surface area contributed by atoms with Crippen molar-refractivity contribution in [3.63, 3.8) is 0 Å². The molecule has 7 heteroatoms. The van der Waals surface area contributed by atoms with Gasteiger partial charge in [-0.05, 0) is 18.2 Å². The van der Waals surface area contributed by atoms with Gasteiger partial charge in [-0.1, -0.05) is 6.07 Å². The first-order chi connectivity index (χ1) is 9.97. The molecule has 1 amide bonds. The maximum absolute atomic E-state index is 12.5. The van der Waals surface area contributed by atoms with Crippen molar-refractivity contribution in [3.8, 4) is 5.75 Å². The van der Waals surface area contributed by atoms with Crippen LogP contribution < -0.4 is 10.1 Å². The normalized spacial score (nSPS) is 15.9. The minimum atomic E-state index is -4.39. The number of rotatable bonds is 4. The third-order valence-corrected chi connectivity index (χ3v) is 3.22. The summed E-state index contributed by atoms with van der Waals surface area (Å²) in [7, 11) is 0. The second-order valence-electron chi connectivity index (χ2n) is 4.75. The Labute approximate surface area is 120 Å². The van der Waals surface area contributed by atoms with Gasteiger partial charge >= 0.3 is 6.18 Å². The molecule has 0 aliphatic carbocycles. The summed E-state index contributed by atoms with van der Waals surface area (Å²) in [4.78, 5) is 13.6. The number of amides is 1. The number of ether oxygens (including phenoxy) is 1. The first kappa shape index (κ1) is 15.6. The summed E-state index contributed by atoms with van der Waals surface area (Å²) >= 11 is 0. The van der Waals surface area contributed by atoms with Gasteiger partial charge in [0.2, 0.25) is 5.91 Å². The Hall–Kier alpha value is -1.76. The van der Waals surface area contributed by atoms with Crippen molar-refractivity contribution in [3.05, 3.63) is 29.8 Å². The summed E-state index contributed by atoms with van der Waals surface area (Å²) in [5, 5.41) is 3.14. The Kier molecular flexibility index (Phi) is 5.06. The number of nitrogens with zero attached hydrogens (tertiary/aromatic N) is 1. The first-order valence-corrected chi connectivity index (χ1v) is 6.75. The number of carbonyl (C=O) groups excluding carboxylic acids is 1. The molecule has 1 aliphatic rings. The van der Waals surface area contributed by atoms with Crippen LogP contribution in [0.1, 0.15) is 12.0 Å². The quantitative estimate of drug-likeness (QED) is 0.924. The molecular weight excluding hydrogens is 285 g/mol. The van der Waals surface area contributed by atoms with Gasteiger partial charge in [0, 0.05) is 26.2 Å². The molecule has 0 atom stereocenters. The van der Waals surface area contributed by atoms with Gasteiger partial charge in [0.25, 0.3) is 0 Å². The summed E-state index contributed by atoms with van der Waals surface area (Å²) in [6.07, 6.45) is -4.23. The van der Waals surface area contributed by atoms with E-state index in [9.17, 15) is 18.0 Å². The van der Waals surface area contributed by atoms with Gasteiger partial charge < -0.3 is 15.0 Å². The molecule has 2 rings (SSSR count). The molecule has 21 heavy (non-hydrogen) atoms. The number of halogens is 3. The van der Waals surface area contributed by atoms with E-state index in [4.69, 9.17) is 4.74 Å². The van der Waals surface area contributed by atoms with E-state index in [1.165, 1.54) is 12.1 Å². The van der Waals surface area contributed by atoms with Crippen LogP contribution in [0.2, 0.25) is 0 Å². The van der Waals surface area contributed by atoms with Gasteiger partial charge in [0.1, 0.15) is 5.75 Å². The van der Waals surface area contributed by atoms with Crippen LogP contribution in [-0.2, 0) is 11.0 Å². The topological polar surface area (TPSA) is 41.6 Å². The van der Waals surface area contributed by atoms with E-state index in [2.05, 4.69) is 5.32 Å². The number of nitrogens with one attached hydrogen (secondary N) is 1. The summed E-state index contributed by atoms with van der Waals surface area (Å²) in [6, 6.07) is 4.66. The zero-order chi connectivity index (χ0) is 15.3. The molecule has 1 aliphatic heterocycles. The van der Waals surface area contributed by atoms with Crippen LogP contribution in [0, 0.1) is 0 Å². The molecule has 1 N–H and O–H groups in total. The van der Waals surface area contributed by atoms with Gasteiger partial charge in [0.05, 0.1) is 18.6 Å². The van der Waals surface area contributed by atoms with Crippen LogP contribution in [0.25, 0.3) is 0 Å². The van der Waals surface area contributed by atoms with Gasteiger partial charge in [-0.2, -0.15) is 13.2 Å². The standard InChI is InChI=1S/C14H17F3N2O2/c15-14(16,17)11-2-1-3-12(10-11)21-9-4-13(20)19-7-5-18-6-8-19/h1-3,10,18H,4-9H2. The molecule has 0 bridgehead atoms. The number of benzene rings is 1. The highest BCUT2D eigenvalue weighted by atomic mass is 19.4. The van der Waals surface area contributed by atoms with E-state index < -0.39 is 11.7 Å². The highest BCUT2D eigenvalue weighted by Gasteiger charge is 2.30. The Morgan fingerprint density at radius 1 is 1.29 bits per heavy atom. The van der Waals surface area contributed by atoms with Crippen molar-refractivity contribution in [2.45, 2.75) is 12.6 Å². The van der Waals surface area contributed by atoms with E-state index >= 15 is 0 Å². The fourth-order valence-corrected chi connectivity index (χ4v) is 2.09. The van der Waals surface area contributed by atoms with Gasteiger partial charge in [0.15, 0.2) is 0 Å². The van der Waals surface area contributed by atoms with Crippen molar-refractivity contribution in [1.82, 2.24) is 10.2 Å². The van der Waals surface area contributed by atoms with Crippen LogP contribution in [0.15, 0.2) is 24.3 Å². The largest absolute Gasteiger partial charge is 0.493 e. The molecule has 0 saturated carbocycles. The zero-order valence-corrected chi connectivity index (χ0v) is 11.4. The molecule has 4 nitrogen and oxygen atoms in total. The molecule has 1 aromatic rings. The Balaban J connectivity index is 1.82. The van der Waals surface area contributed by atoms with E-state index in [0.717, 1.165) is 25.2 Å². The first-order valence-electron chi connectivity index (χ1n) is 6.75. The summed E-state index contributed by atoms with van der Waals surface area (Å²) in [5.74, 6) is 0.0846. The molecule has 0 unspecified atom stereocenters. The molecule has 1 fully saturated rings. The molecule has 1 saturated heterocycles. The lowest BCUT2D eigenvalue weighted by molar-refractivity contribution is -0.138. The molecule has 0 radical (unpaired) electrons. The fraction of sp³-hybridized carbons (Fsp3) is 0.500. The SMILES string of the molecule is O=C(CCOc1cccc(C(F)(F)F)c1)N1CCNCC1. The van der Waals surface area contributed by atoms with Crippen LogP contribution in [0.3, 0.4) is 0 Å². The molecule has 0 spiro atoms. The highest BCUT2D eigenvalue weighted by molar-refractivity contribution is 5.76. The predicted molar refractivity (Wildman–Crippen MR) is 71.0 cm³/mol. The Morgan fingerprint density at radius 3 is 2.67 bits per heavy atom. The molecular formula is C14H17F3N2O2. The molecule has 0 aromatic heterocycles. The maximum Gasteiger partial charge on any atom is 0.416 e. The third kappa shape index (κ3) is 4.63. The van der Waals surface area contributed by atoms with Gasteiger partial charge in [-0.3, -0.25) is 4.79 Å². The van der Waals surface area contributed by atoms with Crippen LogP contribution in [0.5, 0.6) is 5.75 Å². The Bertz CT molecular complexity index is 485. The van der Waals surface area contributed by atoms with Crippen LogP contribution >= 0.6 is 0 Å². The minimum Gasteiger partial charge on any atom is -0.493 e. The second-order valence-corrected chi connectivity index (χ2v) is 4.75. The summed E-state index contributed by atoms with van der Waals surface area (Å²) in [6.45, 7) is 2.91. The summed E-state index contributed by atoms with van der Waals surface area (Å²) in [5.41, 5.74) is -0.756. The second kappa shape index (κ2) is 6.80. The minimum absolute atomic E-state index is 0.0384. The number of carbonyl (C=O) groups is 1. The highest BCUT2D eigenvalue weighted by Crippen LogP contribution is 2.31. The third-order valence-electron chi connectivity index (χ3n) is 3.22. The predicted octanol–water partition coefficient (Wildman–Crippen LogP) is 1.91. The van der Waals surface area contributed by atoms with Gasteiger partial charge in [-0.15, -0.1) is 0 Å². The monoisotopic (exact) mass is 302 g/mol. The van der Waals surface area contributed by atoms with Crippen molar-refractivity contribution >= 4 is 5.91 Å². The zero-order valence-electron chi connectivity index (χ0n) is 11.4. The summed E-state index contributed by atoms with van der Waals surface area (Å²) < 4.78 is 42.9. The Morgan fingerprint density at radius 2 is 2.00 bits per heavy atom. The fourth-order valence-electron chi connectivity index (χ4n) is 2.09. The molecule has 1 aromatic carbocycles. The van der Waals surface area contributed by atoms with Gasteiger partial charge in [-0.25, -0.2) is 0 Å². The maximum atomic E-state index is 12.5. The lowest BCUT2D eigenvalue weighted by Gasteiger charge is -2.27. The van der Waals surface area contributed by atoms with E-state index in [0.29, 0.717) is 13.1 Å².